The van der Waals surface area contributed by atoms with Gasteiger partial charge in [0.1, 0.15) is 0 Å². The van der Waals surface area contributed by atoms with Gasteiger partial charge in [-0.15, -0.1) is 0 Å². The molecule has 0 spiro atoms. The Morgan fingerprint density at radius 1 is 0.846 bits per heavy atom. The van der Waals surface area contributed by atoms with Gasteiger partial charge in [-0.2, -0.15) is 4.31 Å². The minimum atomic E-state index is -3.67. The zero-order valence-corrected chi connectivity index (χ0v) is 14.5. The first kappa shape index (κ1) is 17.0. The molecule has 26 heavy (non-hydrogen) atoms. The van der Waals surface area contributed by atoms with Crippen molar-refractivity contribution in [1.29, 1.82) is 0 Å². The van der Waals surface area contributed by atoms with Gasteiger partial charge in [-0.05, 0) is 24.3 Å². The van der Waals surface area contributed by atoms with Crippen LogP contribution in [0.5, 0.6) is 11.5 Å². The van der Waals surface area contributed by atoms with E-state index in [9.17, 15) is 17.2 Å². The molecule has 0 saturated carbocycles. The first-order valence-electron chi connectivity index (χ1n) is 8.05. The first-order valence-corrected chi connectivity index (χ1v) is 9.49. The molecule has 1 saturated heterocycles. The third-order valence-corrected chi connectivity index (χ3v) is 6.38. The van der Waals surface area contributed by atoms with E-state index >= 15 is 0 Å². The molecule has 138 valence electrons. The minimum absolute atomic E-state index is 0.0751. The highest BCUT2D eigenvalue weighted by Crippen LogP contribution is 2.34. The van der Waals surface area contributed by atoms with Crippen molar-refractivity contribution in [3.05, 3.63) is 48.0 Å². The maximum atomic E-state index is 13.4. The number of rotatable bonds is 3. The Morgan fingerprint density at radius 2 is 1.58 bits per heavy atom. The molecule has 0 aromatic heterocycles. The van der Waals surface area contributed by atoms with Gasteiger partial charge in [0.2, 0.25) is 16.8 Å². The molecule has 2 heterocycles. The van der Waals surface area contributed by atoms with Crippen LogP contribution in [-0.2, 0) is 10.0 Å². The SMILES string of the molecule is O=S(=O)(c1ccc2c(c1)OCO2)N1CCN(c2ccc(F)c(F)c2)CC1. The van der Waals surface area contributed by atoms with Crippen LogP contribution in [0.1, 0.15) is 0 Å². The van der Waals surface area contributed by atoms with Crippen molar-refractivity contribution >= 4 is 15.7 Å². The van der Waals surface area contributed by atoms with E-state index in [1.54, 1.807) is 6.07 Å². The highest BCUT2D eigenvalue weighted by Gasteiger charge is 2.30. The largest absolute Gasteiger partial charge is 0.454 e. The Bertz CT molecular complexity index is 944. The van der Waals surface area contributed by atoms with Crippen molar-refractivity contribution in [3.8, 4) is 11.5 Å². The summed E-state index contributed by atoms with van der Waals surface area (Å²) in [5.41, 5.74) is 0.532. The number of fused-ring (bicyclic) bond motifs is 1. The van der Waals surface area contributed by atoms with Crippen LogP contribution in [0, 0.1) is 11.6 Å². The molecule has 2 aliphatic rings. The van der Waals surface area contributed by atoms with Gasteiger partial charge in [-0.1, -0.05) is 0 Å². The van der Waals surface area contributed by atoms with Crippen LogP contribution in [0.3, 0.4) is 0 Å². The third kappa shape index (κ3) is 2.97. The monoisotopic (exact) mass is 382 g/mol. The fraction of sp³-hybridized carbons (Fsp3) is 0.294. The number of nitrogens with zero attached hydrogens (tertiary/aromatic N) is 2. The predicted octanol–water partition coefficient (Wildman–Crippen LogP) is 2.20. The van der Waals surface area contributed by atoms with Crippen molar-refractivity contribution in [1.82, 2.24) is 4.31 Å². The fourth-order valence-corrected chi connectivity index (χ4v) is 4.49. The number of piperazine rings is 1. The molecule has 0 aliphatic carbocycles. The molecule has 9 heteroatoms. The van der Waals surface area contributed by atoms with Crippen LogP contribution in [0.2, 0.25) is 0 Å². The number of benzene rings is 2. The van der Waals surface area contributed by atoms with E-state index in [1.807, 2.05) is 4.90 Å². The van der Waals surface area contributed by atoms with Crippen LogP contribution in [-0.4, -0.2) is 45.7 Å². The van der Waals surface area contributed by atoms with Crippen LogP contribution in [0.25, 0.3) is 0 Å². The van der Waals surface area contributed by atoms with E-state index in [1.165, 1.54) is 22.5 Å². The summed E-state index contributed by atoms with van der Waals surface area (Å²) in [7, 11) is -3.67. The summed E-state index contributed by atoms with van der Waals surface area (Å²) in [4.78, 5) is 1.97. The smallest absolute Gasteiger partial charge is 0.243 e. The number of halogens is 2. The molecule has 2 aromatic rings. The number of sulfonamides is 1. The van der Waals surface area contributed by atoms with Crippen molar-refractivity contribution in [2.75, 3.05) is 37.9 Å². The highest BCUT2D eigenvalue weighted by molar-refractivity contribution is 7.89. The molecule has 2 aromatic carbocycles. The number of ether oxygens (including phenoxy) is 2. The summed E-state index contributed by atoms with van der Waals surface area (Å²) < 4.78 is 63.9. The molecule has 0 N–H and O–H groups in total. The van der Waals surface area contributed by atoms with Gasteiger partial charge >= 0.3 is 0 Å². The Balaban J connectivity index is 1.49. The second kappa shape index (κ2) is 6.40. The normalized spacial score (nSPS) is 17.5. The first-order chi connectivity index (χ1) is 12.4. The molecule has 0 unspecified atom stereocenters. The van der Waals surface area contributed by atoms with E-state index in [2.05, 4.69) is 0 Å². The lowest BCUT2D eigenvalue weighted by Crippen LogP contribution is -2.48. The molecule has 4 rings (SSSR count). The Hall–Kier alpha value is -2.39. The summed E-state index contributed by atoms with van der Waals surface area (Å²) in [6, 6.07) is 8.20. The predicted molar refractivity (Wildman–Crippen MR) is 89.9 cm³/mol. The molecule has 0 radical (unpaired) electrons. The minimum Gasteiger partial charge on any atom is -0.454 e. The lowest BCUT2D eigenvalue weighted by Gasteiger charge is -2.35. The second-order valence-corrected chi connectivity index (χ2v) is 7.94. The van der Waals surface area contributed by atoms with Gasteiger partial charge < -0.3 is 14.4 Å². The second-order valence-electron chi connectivity index (χ2n) is 6.00. The summed E-state index contributed by atoms with van der Waals surface area (Å²) in [5.74, 6) is -0.894. The van der Waals surface area contributed by atoms with Crippen LogP contribution in [0.4, 0.5) is 14.5 Å². The summed E-state index contributed by atoms with van der Waals surface area (Å²) in [5, 5.41) is 0. The molecule has 0 atom stereocenters. The molecule has 2 aliphatic heterocycles. The van der Waals surface area contributed by atoms with E-state index in [4.69, 9.17) is 9.47 Å². The van der Waals surface area contributed by atoms with E-state index in [-0.39, 0.29) is 24.8 Å². The van der Waals surface area contributed by atoms with E-state index in [0.29, 0.717) is 30.3 Å². The molecular weight excluding hydrogens is 366 g/mol. The van der Waals surface area contributed by atoms with Crippen molar-refractivity contribution < 1.29 is 26.7 Å². The number of hydrogen-bond acceptors (Lipinski definition) is 5. The maximum absolute atomic E-state index is 13.4. The average molecular weight is 382 g/mol. The summed E-state index contributed by atoms with van der Waals surface area (Å²) >= 11 is 0. The van der Waals surface area contributed by atoms with Gasteiger partial charge in [0.15, 0.2) is 23.1 Å². The Morgan fingerprint density at radius 3 is 2.31 bits per heavy atom. The van der Waals surface area contributed by atoms with Crippen molar-refractivity contribution in [2.45, 2.75) is 4.90 Å². The lowest BCUT2D eigenvalue weighted by atomic mass is 10.2. The van der Waals surface area contributed by atoms with Crippen LogP contribution < -0.4 is 14.4 Å². The van der Waals surface area contributed by atoms with Crippen molar-refractivity contribution in [3.63, 3.8) is 0 Å². The lowest BCUT2D eigenvalue weighted by molar-refractivity contribution is 0.174. The van der Waals surface area contributed by atoms with E-state index in [0.717, 1.165) is 12.1 Å². The zero-order chi connectivity index (χ0) is 18.3. The van der Waals surface area contributed by atoms with Gasteiger partial charge in [0, 0.05) is 44.0 Å². The fourth-order valence-electron chi connectivity index (χ4n) is 3.05. The summed E-state index contributed by atoms with van der Waals surface area (Å²) in [6.07, 6.45) is 0. The topological polar surface area (TPSA) is 59.1 Å². The molecule has 1 fully saturated rings. The zero-order valence-electron chi connectivity index (χ0n) is 13.7. The average Bonchev–Trinajstić information content (AvgIpc) is 3.12. The van der Waals surface area contributed by atoms with Gasteiger partial charge in [0.25, 0.3) is 0 Å². The standard InChI is InChI=1S/C17H16F2N2O4S/c18-14-3-1-12(9-15(14)19)20-5-7-21(8-6-20)26(22,23)13-2-4-16-17(10-13)25-11-24-16/h1-4,9-10H,5-8,11H2. The number of anilines is 1. The molecular formula is C17H16F2N2O4S. The maximum Gasteiger partial charge on any atom is 0.243 e. The van der Waals surface area contributed by atoms with Gasteiger partial charge in [-0.25, -0.2) is 17.2 Å². The van der Waals surface area contributed by atoms with Crippen LogP contribution >= 0.6 is 0 Å². The van der Waals surface area contributed by atoms with Gasteiger partial charge in [0.05, 0.1) is 4.90 Å². The van der Waals surface area contributed by atoms with Gasteiger partial charge in [-0.3, -0.25) is 0 Å². The Kier molecular flexibility index (Phi) is 4.20. The third-order valence-electron chi connectivity index (χ3n) is 4.49. The summed E-state index contributed by atoms with van der Waals surface area (Å²) in [6.45, 7) is 1.33. The highest BCUT2D eigenvalue weighted by atomic mass is 32.2. The number of hydrogen-bond donors (Lipinski definition) is 0. The Labute approximate surface area is 149 Å². The quantitative estimate of drug-likeness (QED) is 0.815. The van der Waals surface area contributed by atoms with E-state index < -0.39 is 21.7 Å². The molecule has 6 nitrogen and oxygen atoms in total. The van der Waals surface area contributed by atoms with Crippen LogP contribution in [0.15, 0.2) is 41.3 Å². The molecule has 0 bridgehead atoms. The molecule has 0 amide bonds. The van der Waals surface area contributed by atoms with Crippen molar-refractivity contribution in [2.24, 2.45) is 0 Å².